The van der Waals surface area contributed by atoms with Crippen LogP contribution in [0.3, 0.4) is 0 Å². The van der Waals surface area contributed by atoms with Crippen LogP contribution in [0.25, 0.3) is 0 Å². The molecule has 2 saturated heterocycles. The van der Waals surface area contributed by atoms with Crippen molar-refractivity contribution in [3.63, 3.8) is 0 Å². The number of benzene rings is 2. The highest BCUT2D eigenvalue weighted by Crippen LogP contribution is 2.75. The number of piperidine rings is 1. The number of rotatable bonds is 3. The Kier molecular flexibility index (Phi) is 3.64. The van der Waals surface area contributed by atoms with Crippen LogP contribution >= 0.6 is 0 Å². The Morgan fingerprint density at radius 3 is 2.79 bits per heavy atom. The van der Waals surface area contributed by atoms with Gasteiger partial charge in [-0.15, -0.1) is 0 Å². The van der Waals surface area contributed by atoms with Crippen LogP contribution < -0.4 is 10.6 Å². The molecule has 2 heterocycles. The van der Waals surface area contributed by atoms with Crippen molar-refractivity contribution in [2.75, 3.05) is 30.3 Å². The van der Waals surface area contributed by atoms with Gasteiger partial charge in [-0.25, -0.2) is 0 Å². The molecular weight excluding hydrogens is 406 g/mol. The molecule has 0 aromatic heterocycles. The minimum Gasteiger partial charge on any atom is -0.508 e. The van der Waals surface area contributed by atoms with Gasteiger partial charge in [0, 0.05) is 30.6 Å². The Morgan fingerprint density at radius 2 is 1.94 bits per heavy atom. The van der Waals surface area contributed by atoms with Crippen LogP contribution in [0.1, 0.15) is 49.7 Å². The molecule has 5 fully saturated rings. The number of fused-ring (bicyclic) bond motifs is 1. The molecule has 0 radical (unpaired) electrons. The van der Waals surface area contributed by atoms with Crippen LogP contribution in [0, 0.1) is 23.2 Å². The van der Waals surface area contributed by atoms with E-state index in [-0.39, 0.29) is 5.41 Å². The van der Waals surface area contributed by atoms with E-state index in [0.717, 1.165) is 24.1 Å². The van der Waals surface area contributed by atoms with Gasteiger partial charge >= 0.3 is 0 Å². The molecule has 0 amide bonds. The van der Waals surface area contributed by atoms with Crippen LogP contribution in [0.4, 0.5) is 11.4 Å². The first-order valence-corrected chi connectivity index (χ1v) is 13.3. The summed E-state index contributed by atoms with van der Waals surface area (Å²) in [6.07, 6.45) is 9.30. The van der Waals surface area contributed by atoms with Gasteiger partial charge in [-0.1, -0.05) is 18.2 Å². The molecule has 4 nitrogen and oxygen atoms in total. The Hall–Kier alpha value is -2.20. The second-order valence-corrected chi connectivity index (χ2v) is 12.2. The third-order valence-electron chi connectivity index (χ3n) is 11.0. The van der Waals surface area contributed by atoms with Crippen molar-refractivity contribution in [2.24, 2.45) is 23.2 Å². The van der Waals surface area contributed by atoms with E-state index in [4.69, 9.17) is 5.73 Å². The van der Waals surface area contributed by atoms with Crippen molar-refractivity contribution in [2.45, 2.75) is 62.4 Å². The summed E-state index contributed by atoms with van der Waals surface area (Å²) in [4.78, 5) is 5.62. The summed E-state index contributed by atoms with van der Waals surface area (Å²) < 4.78 is 0. The zero-order valence-corrected chi connectivity index (χ0v) is 19.4. The third kappa shape index (κ3) is 2.27. The van der Waals surface area contributed by atoms with Crippen molar-refractivity contribution in [1.82, 2.24) is 4.90 Å². The lowest BCUT2D eigenvalue weighted by Gasteiger charge is -2.66. The Labute approximate surface area is 196 Å². The predicted octanol–water partition coefficient (Wildman–Crippen LogP) is 4.56. The summed E-state index contributed by atoms with van der Waals surface area (Å²) in [5.41, 5.74) is 12.3. The smallest absolute Gasteiger partial charge is 0.115 e. The van der Waals surface area contributed by atoms with Gasteiger partial charge in [0.05, 0.1) is 11.4 Å². The second-order valence-electron chi connectivity index (χ2n) is 12.2. The van der Waals surface area contributed by atoms with Crippen molar-refractivity contribution in [3.05, 3.63) is 53.6 Å². The highest BCUT2D eigenvalue weighted by atomic mass is 16.3. The van der Waals surface area contributed by atoms with E-state index in [9.17, 15) is 5.11 Å². The molecule has 3 N–H and O–H groups in total. The molecule has 2 aromatic rings. The number of nitrogen functional groups attached to an aromatic ring is 1. The molecular formula is C29H35N3O. The standard InChI is InChI=1S/C29H35N3O/c30-23-3-1-2-4-24(23)32-17-20-15-28-10-9-25(32)27(20)29(28)11-12-31(16-18-5-6-18)26(28)13-19-7-8-21(33)14-22(19)29/h1-4,7-8,14,18,20,25-27,33H,5-6,9-13,15-17,30H2/t20-,25?,26-,27?,28-,29+/m1/s1. The molecule has 4 bridgehead atoms. The summed E-state index contributed by atoms with van der Waals surface area (Å²) >= 11 is 0. The number of likely N-dealkylation sites (tertiary alicyclic amines) is 1. The van der Waals surface area contributed by atoms with Gasteiger partial charge in [0.25, 0.3) is 0 Å². The molecule has 6 atom stereocenters. The summed E-state index contributed by atoms with van der Waals surface area (Å²) in [5, 5.41) is 10.6. The van der Waals surface area contributed by atoms with Crippen LogP contribution in [-0.2, 0) is 11.8 Å². The normalized spacial score (nSPS) is 40.5. The topological polar surface area (TPSA) is 52.7 Å². The van der Waals surface area contributed by atoms with Crippen LogP contribution in [-0.4, -0.2) is 41.7 Å². The lowest BCUT2D eigenvalue weighted by Crippen LogP contribution is -2.69. The monoisotopic (exact) mass is 441 g/mol. The number of nitrogens with two attached hydrogens (primary N) is 1. The van der Waals surface area contributed by atoms with Gasteiger partial charge in [-0.3, -0.25) is 4.90 Å². The van der Waals surface area contributed by atoms with Gasteiger partial charge in [0.1, 0.15) is 5.75 Å². The first kappa shape index (κ1) is 19.1. The first-order chi connectivity index (χ1) is 16.1. The fourth-order valence-electron chi connectivity index (χ4n) is 9.97. The van der Waals surface area contributed by atoms with Crippen LogP contribution in [0.2, 0.25) is 0 Å². The Balaban J connectivity index is 1.29. The zero-order valence-electron chi connectivity index (χ0n) is 19.4. The molecule has 4 aliphatic carbocycles. The largest absolute Gasteiger partial charge is 0.508 e. The molecule has 2 aliphatic heterocycles. The van der Waals surface area contributed by atoms with E-state index in [1.807, 2.05) is 6.07 Å². The molecule has 2 unspecified atom stereocenters. The highest BCUT2D eigenvalue weighted by Gasteiger charge is 2.76. The van der Waals surface area contributed by atoms with Crippen molar-refractivity contribution < 1.29 is 5.11 Å². The highest BCUT2D eigenvalue weighted by molar-refractivity contribution is 5.69. The van der Waals surface area contributed by atoms with E-state index in [2.05, 4.69) is 46.2 Å². The maximum Gasteiger partial charge on any atom is 0.115 e. The fraction of sp³-hybridized carbons (Fsp3) is 0.586. The number of hydrogen-bond donors (Lipinski definition) is 2. The lowest BCUT2D eigenvalue weighted by atomic mass is 9.43. The number of para-hydroxylation sites is 2. The van der Waals surface area contributed by atoms with Gasteiger partial charge in [0.15, 0.2) is 0 Å². The molecule has 2 aromatic carbocycles. The summed E-state index contributed by atoms with van der Waals surface area (Å²) in [5.74, 6) is 2.81. The summed E-state index contributed by atoms with van der Waals surface area (Å²) in [6, 6.07) is 16.1. The molecule has 8 rings (SSSR count). The molecule has 0 spiro atoms. The quantitative estimate of drug-likeness (QED) is 0.686. The molecule has 6 aliphatic rings. The number of nitrogens with zero attached hydrogens (tertiary/aromatic N) is 2. The Morgan fingerprint density at radius 1 is 1.06 bits per heavy atom. The maximum absolute atomic E-state index is 10.6. The minimum absolute atomic E-state index is 0.218. The van der Waals surface area contributed by atoms with Crippen LogP contribution in [0.5, 0.6) is 5.75 Å². The summed E-state index contributed by atoms with van der Waals surface area (Å²) in [7, 11) is 0. The van der Waals surface area contributed by atoms with Gasteiger partial charge in [0.2, 0.25) is 0 Å². The molecule has 3 saturated carbocycles. The molecule has 172 valence electrons. The van der Waals surface area contributed by atoms with Crippen molar-refractivity contribution in [3.8, 4) is 5.75 Å². The van der Waals surface area contributed by atoms with Crippen molar-refractivity contribution >= 4 is 11.4 Å². The minimum atomic E-state index is 0.218. The maximum atomic E-state index is 10.6. The van der Waals surface area contributed by atoms with Crippen molar-refractivity contribution in [1.29, 1.82) is 0 Å². The number of phenolic OH excluding ortho intramolecular Hbond substituents is 1. The zero-order chi connectivity index (χ0) is 21.9. The summed E-state index contributed by atoms with van der Waals surface area (Å²) in [6.45, 7) is 3.71. The number of phenols is 1. The average Bonchev–Trinajstić information content (AvgIpc) is 3.50. The lowest BCUT2D eigenvalue weighted by molar-refractivity contribution is -0.0920. The second kappa shape index (κ2) is 6.27. The third-order valence-corrected chi connectivity index (χ3v) is 11.0. The average molecular weight is 442 g/mol. The van der Waals surface area contributed by atoms with Gasteiger partial charge < -0.3 is 15.7 Å². The van der Waals surface area contributed by atoms with Gasteiger partial charge in [-0.2, -0.15) is 0 Å². The number of anilines is 2. The predicted molar refractivity (Wildman–Crippen MR) is 131 cm³/mol. The molecule has 33 heavy (non-hydrogen) atoms. The van der Waals surface area contributed by atoms with Gasteiger partial charge in [-0.05, 0) is 110 Å². The van der Waals surface area contributed by atoms with E-state index in [1.165, 1.54) is 74.8 Å². The SMILES string of the molecule is Nc1ccccc1N1C[C@H]2C[C@@]34CCC1C2[C@@]31CCN(CC2CC2)[C@@H]4Cc2ccc(O)cc21. The number of hydrogen-bond acceptors (Lipinski definition) is 4. The van der Waals surface area contributed by atoms with E-state index in [0.29, 0.717) is 29.2 Å². The van der Waals surface area contributed by atoms with Crippen LogP contribution in [0.15, 0.2) is 42.5 Å². The molecule has 4 heteroatoms. The fourth-order valence-corrected chi connectivity index (χ4v) is 9.97. The Bertz CT molecular complexity index is 1140. The first-order valence-electron chi connectivity index (χ1n) is 13.3. The van der Waals surface area contributed by atoms with E-state index < -0.39 is 0 Å². The van der Waals surface area contributed by atoms with E-state index in [1.54, 1.807) is 0 Å². The number of aromatic hydroxyl groups is 1. The van der Waals surface area contributed by atoms with E-state index >= 15 is 0 Å².